The van der Waals surface area contributed by atoms with Gasteiger partial charge in [-0.3, -0.25) is 25.0 Å². The van der Waals surface area contributed by atoms with Crippen LogP contribution in [0.25, 0.3) is 6.08 Å². The molecule has 12 heteroatoms. The van der Waals surface area contributed by atoms with Crippen molar-refractivity contribution in [1.29, 1.82) is 0 Å². The summed E-state index contributed by atoms with van der Waals surface area (Å²) >= 11 is 2.04. The summed E-state index contributed by atoms with van der Waals surface area (Å²) in [5.74, 6) is -0.211. The fourth-order valence-corrected chi connectivity index (χ4v) is 4.70. The minimum Gasteiger partial charge on any atom is -0.494 e. The topological polar surface area (TPSA) is 137 Å². The number of nitrogens with one attached hydrogen (secondary N) is 1. The number of benzene rings is 3. The van der Waals surface area contributed by atoms with E-state index in [1.165, 1.54) is 25.3 Å². The second kappa shape index (κ2) is 13.3. The maximum absolute atomic E-state index is 13.3. The van der Waals surface area contributed by atoms with Gasteiger partial charge in [0.1, 0.15) is 17.9 Å². The lowest BCUT2D eigenvalue weighted by molar-refractivity contribution is -0.384. The van der Waals surface area contributed by atoms with E-state index in [4.69, 9.17) is 14.2 Å². The van der Waals surface area contributed by atoms with Crippen LogP contribution in [0.15, 0.2) is 66.2 Å². The van der Waals surface area contributed by atoms with Crippen LogP contribution in [-0.2, 0) is 16.2 Å². The number of hydrogen-bond donors (Lipinski definition) is 1. The third kappa shape index (κ3) is 7.01. The molecule has 0 aliphatic carbocycles. The van der Waals surface area contributed by atoms with Gasteiger partial charge in [-0.1, -0.05) is 13.3 Å². The van der Waals surface area contributed by atoms with Crippen LogP contribution in [0, 0.1) is 13.7 Å². The van der Waals surface area contributed by atoms with Crippen LogP contribution >= 0.6 is 22.6 Å². The highest BCUT2D eigenvalue weighted by molar-refractivity contribution is 14.1. The summed E-state index contributed by atoms with van der Waals surface area (Å²) in [7, 11) is 1.45. The molecule has 0 saturated carbocycles. The number of methoxy groups -OCH3 is 1. The minimum absolute atomic E-state index is 0.0201. The number of nitrogens with zero attached hydrogens (tertiary/aromatic N) is 2. The van der Waals surface area contributed by atoms with Crippen LogP contribution in [0.3, 0.4) is 0 Å². The molecular formula is C29H26IN3O8. The molecule has 0 bridgehead atoms. The van der Waals surface area contributed by atoms with Crippen molar-refractivity contribution in [3.8, 4) is 17.2 Å². The maximum Gasteiger partial charge on any atom is 0.335 e. The lowest BCUT2D eigenvalue weighted by Crippen LogP contribution is -2.54. The fraction of sp³-hybridized carbons (Fsp3) is 0.207. The average Bonchev–Trinajstić information content (AvgIpc) is 2.95. The summed E-state index contributed by atoms with van der Waals surface area (Å²) in [6.07, 6.45) is 3.28. The van der Waals surface area contributed by atoms with Gasteiger partial charge in [0.2, 0.25) is 0 Å². The van der Waals surface area contributed by atoms with Gasteiger partial charge in [0.15, 0.2) is 11.5 Å². The Morgan fingerprint density at radius 2 is 1.73 bits per heavy atom. The van der Waals surface area contributed by atoms with E-state index in [2.05, 4.69) is 12.2 Å². The molecule has 0 spiro atoms. The molecule has 1 N–H and O–H groups in total. The van der Waals surface area contributed by atoms with Crippen molar-refractivity contribution in [2.24, 2.45) is 0 Å². The molecule has 1 fully saturated rings. The number of carbonyl (C=O) groups excluding carboxylic acids is 3. The highest BCUT2D eigenvalue weighted by atomic mass is 127. The summed E-state index contributed by atoms with van der Waals surface area (Å²) in [6, 6.07) is 14.9. The van der Waals surface area contributed by atoms with E-state index in [1.54, 1.807) is 48.5 Å². The summed E-state index contributed by atoms with van der Waals surface area (Å²) < 4.78 is 17.7. The van der Waals surface area contributed by atoms with E-state index in [0.29, 0.717) is 33.0 Å². The zero-order chi connectivity index (χ0) is 29.5. The van der Waals surface area contributed by atoms with Gasteiger partial charge in [0.25, 0.3) is 17.5 Å². The lowest BCUT2D eigenvalue weighted by atomic mass is 10.1. The summed E-state index contributed by atoms with van der Waals surface area (Å²) in [5, 5.41) is 13.1. The molecule has 0 atom stereocenters. The quantitative estimate of drug-likeness (QED) is 0.0692. The first-order valence-corrected chi connectivity index (χ1v) is 13.7. The van der Waals surface area contributed by atoms with Crippen molar-refractivity contribution in [3.63, 3.8) is 0 Å². The van der Waals surface area contributed by atoms with Gasteiger partial charge in [-0.2, -0.15) is 0 Å². The first kappa shape index (κ1) is 29.5. The highest BCUT2D eigenvalue weighted by Gasteiger charge is 2.37. The Bertz CT molecular complexity index is 1500. The number of non-ortho nitro benzene ring substituents is 1. The first-order valence-electron chi connectivity index (χ1n) is 12.6. The number of imide groups is 2. The standard InChI is InChI=1S/C29H26IN3O8/c1-3-4-13-40-22-11-9-20(10-12-22)32-28(35)23(27(34)31-29(32)36)14-19-15-24(30)26(25(16-19)39-2)41-17-18-5-7-21(8-6-18)33(37)38/h5-12,14-16H,3-4,13,17H2,1-2H3,(H,31,34,36)/b23-14-. The van der Waals surface area contributed by atoms with Gasteiger partial charge in [-0.05, 0) is 94.7 Å². The van der Waals surface area contributed by atoms with Gasteiger partial charge < -0.3 is 14.2 Å². The molecule has 1 aliphatic rings. The Kier molecular flexibility index (Phi) is 9.55. The third-order valence-corrected chi connectivity index (χ3v) is 6.86. The Morgan fingerprint density at radius 3 is 2.37 bits per heavy atom. The van der Waals surface area contributed by atoms with Crippen molar-refractivity contribution >= 4 is 57.9 Å². The highest BCUT2D eigenvalue weighted by Crippen LogP contribution is 2.36. The Morgan fingerprint density at radius 1 is 1.02 bits per heavy atom. The minimum atomic E-state index is -0.848. The van der Waals surface area contributed by atoms with Gasteiger partial charge in [-0.15, -0.1) is 0 Å². The van der Waals surface area contributed by atoms with Gasteiger partial charge in [-0.25, -0.2) is 9.69 Å². The van der Waals surface area contributed by atoms with E-state index in [-0.39, 0.29) is 23.6 Å². The molecule has 1 aliphatic heterocycles. The molecule has 0 radical (unpaired) electrons. The number of urea groups is 1. The number of nitro groups is 1. The molecule has 212 valence electrons. The van der Waals surface area contributed by atoms with E-state index >= 15 is 0 Å². The van der Waals surface area contributed by atoms with Crippen LogP contribution in [0.4, 0.5) is 16.2 Å². The smallest absolute Gasteiger partial charge is 0.335 e. The van der Waals surface area contributed by atoms with Gasteiger partial charge in [0.05, 0.1) is 27.9 Å². The maximum atomic E-state index is 13.3. The van der Waals surface area contributed by atoms with Gasteiger partial charge in [0, 0.05) is 12.1 Å². The van der Waals surface area contributed by atoms with Crippen molar-refractivity contribution < 1.29 is 33.5 Å². The summed E-state index contributed by atoms with van der Waals surface area (Å²) in [4.78, 5) is 49.9. The van der Waals surface area contributed by atoms with Crippen LogP contribution in [0.5, 0.6) is 17.2 Å². The van der Waals surface area contributed by atoms with Crippen LogP contribution < -0.4 is 24.4 Å². The number of anilines is 1. The second-order valence-electron chi connectivity index (χ2n) is 8.90. The molecule has 41 heavy (non-hydrogen) atoms. The van der Waals surface area contributed by atoms with E-state index < -0.39 is 22.8 Å². The molecule has 3 aromatic rings. The van der Waals surface area contributed by atoms with Crippen molar-refractivity contribution in [2.45, 2.75) is 26.4 Å². The SMILES string of the molecule is CCCCOc1ccc(N2C(=O)NC(=O)/C(=C/c3cc(I)c(OCc4ccc([N+](=O)[O-])cc4)c(OC)c3)C2=O)cc1. The predicted octanol–water partition coefficient (Wildman–Crippen LogP) is 5.63. The third-order valence-electron chi connectivity index (χ3n) is 6.06. The summed E-state index contributed by atoms with van der Waals surface area (Å²) in [5.41, 5.74) is 1.23. The second-order valence-corrected chi connectivity index (χ2v) is 10.1. The predicted molar refractivity (Wildman–Crippen MR) is 159 cm³/mol. The number of rotatable bonds is 11. The number of hydrogen-bond acceptors (Lipinski definition) is 8. The Labute approximate surface area is 249 Å². The average molecular weight is 671 g/mol. The Hall–Kier alpha value is -4.46. The number of nitro benzene ring substituents is 1. The Balaban J connectivity index is 1.55. The normalized spacial score (nSPS) is 14.2. The van der Waals surface area contributed by atoms with Crippen LogP contribution in [0.1, 0.15) is 30.9 Å². The van der Waals surface area contributed by atoms with Crippen LogP contribution in [0.2, 0.25) is 0 Å². The largest absolute Gasteiger partial charge is 0.494 e. The number of ether oxygens (including phenoxy) is 3. The molecule has 4 rings (SSSR count). The lowest BCUT2D eigenvalue weighted by Gasteiger charge is -2.26. The zero-order valence-electron chi connectivity index (χ0n) is 22.2. The van der Waals surface area contributed by atoms with Crippen molar-refractivity contribution in [1.82, 2.24) is 5.32 Å². The first-order chi connectivity index (χ1) is 19.7. The molecule has 3 aromatic carbocycles. The van der Waals surface area contributed by atoms with Crippen LogP contribution in [-0.4, -0.2) is 36.5 Å². The molecule has 1 heterocycles. The van der Waals surface area contributed by atoms with E-state index in [1.807, 2.05) is 22.6 Å². The van der Waals surface area contributed by atoms with E-state index in [9.17, 15) is 24.5 Å². The molecule has 0 aromatic heterocycles. The summed E-state index contributed by atoms with van der Waals surface area (Å²) in [6.45, 7) is 2.75. The number of unbranched alkanes of at least 4 members (excludes halogenated alkanes) is 1. The number of amides is 4. The molecule has 11 nitrogen and oxygen atoms in total. The molecule has 4 amide bonds. The monoisotopic (exact) mass is 671 g/mol. The zero-order valence-corrected chi connectivity index (χ0v) is 24.4. The number of halogens is 1. The number of carbonyl (C=O) groups is 3. The fourth-order valence-electron chi connectivity index (χ4n) is 3.92. The number of barbiturate groups is 1. The molecule has 0 unspecified atom stereocenters. The van der Waals surface area contributed by atoms with Crippen molar-refractivity contribution in [3.05, 3.63) is 91.0 Å². The van der Waals surface area contributed by atoms with Gasteiger partial charge >= 0.3 is 6.03 Å². The van der Waals surface area contributed by atoms with E-state index in [0.717, 1.165) is 23.3 Å². The molecule has 1 saturated heterocycles. The van der Waals surface area contributed by atoms with Crippen molar-refractivity contribution in [2.75, 3.05) is 18.6 Å². The molecular weight excluding hydrogens is 645 g/mol.